The molecule has 0 unspecified atom stereocenters. The Bertz CT molecular complexity index is 696. The molecule has 0 radical (unpaired) electrons. The number of nitrogens with zero attached hydrogens (tertiary/aromatic N) is 3. The van der Waals surface area contributed by atoms with E-state index in [4.69, 9.17) is 0 Å². The fraction of sp³-hybridized carbons (Fsp3) is 0.375. The number of piperidine rings is 1. The van der Waals surface area contributed by atoms with Crippen LogP contribution < -0.4 is 0 Å². The fourth-order valence-corrected chi connectivity index (χ4v) is 3.60. The first-order valence-electron chi connectivity index (χ1n) is 7.77. The third kappa shape index (κ3) is 3.65. The Morgan fingerprint density at radius 3 is 2.42 bits per heavy atom. The maximum Gasteiger partial charge on any atom is 0.294 e. The zero-order chi connectivity index (χ0) is 17.1. The number of rotatable bonds is 4. The summed E-state index contributed by atoms with van der Waals surface area (Å²) in [6.45, 7) is 2.15. The minimum atomic E-state index is -0.476. The number of benzene rings is 1. The van der Waals surface area contributed by atoms with Gasteiger partial charge in [0.1, 0.15) is 0 Å². The smallest absolute Gasteiger partial charge is 0.286 e. The minimum Gasteiger partial charge on any atom is -0.286 e. The van der Waals surface area contributed by atoms with Crippen LogP contribution in [0.25, 0.3) is 6.08 Å². The third-order valence-electron chi connectivity index (χ3n) is 4.07. The number of hydrogen-bond donors (Lipinski definition) is 0. The van der Waals surface area contributed by atoms with Gasteiger partial charge in [-0.2, -0.15) is 0 Å². The Kier molecular flexibility index (Phi) is 4.96. The molecule has 1 aromatic rings. The Balaban J connectivity index is 1.71. The predicted molar refractivity (Wildman–Crippen MR) is 91.2 cm³/mol. The molecule has 2 heterocycles. The van der Waals surface area contributed by atoms with E-state index < -0.39 is 4.92 Å². The molecule has 24 heavy (non-hydrogen) atoms. The highest BCUT2D eigenvalue weighted by Gasteiger charge is 2.36. The van der Waals surface area contributed by atoms with Crippen LogP contribution in [0, 0.1) is 10.1 Å². The molecule has 2 amide bonds. The molecule has 0 bridgehead atoms. The molecule has 2 saturated heterocycles. The van der Waals surface area contributed by atoms with Crippen LogP contribution in [0.2, 0.25) is 0 Å². The van der Waals surface area contributed by atoms with E-state index in [1.165, 1.54) is 23.5 Å². The number of likely N-dealkylation sites (tertiary alicyclic amines) is 1. The van der Waals surface area contributed by atoms with Crippen molar-refractivity contribution in [1.82, 2.24) is 9.80 Å². The molecule has 0 N–H and O–H groups in total. The van der Waals surface area contributed by atoms with Crippen LogP contribution in [0.1, 0.15) is 24.8 Å². The summed E-state index contributed by atoms with van der Waals surface area (Å²) in [5.41, 5.74) is 0.648. The topological polar surface area (TPSA) is 83.8 Å². The number of carbonyl (C=O) groups is 2. The van der Waals surface area contributed by atoms with Gasteiger partial charge < -0.3 is 0 Å². The second-order valence-corrected chi connectivity index (χ2v) is 6.77. The molecule has 0 saturated carbocycles. The normalized spacial score (nSPS) is 20.8. The lowest BCUT2D eigenvalue weighted by molar-refractivity contribution is -0.384. The average molecular weight is 347 g/mol. The van der Waals surface area contributed by atoms with Crippen LogP contribution in [-0.2, 0) is 4.79 Å². The van der Waals surface area contributed by atoms with Gasteiger partial charge in [0.2, 0.25) is 0 Å². The Morgan fingerprint density at radius 1 is 1.12 bits per heavy atom. The summed E-state index contributed by atoms with van der Waals surface area (Å²) in [5, 5.41) is 10.4. The van der Waals surface area contributed by atoms with Gasteiger partial charge in [-0.25, -0.2) is 0 Å². The van der Waals surface area contributed by atoms with Gasteiger partial charge >= 0.3 is 0 Å². The summed E-state index contributed by atoms with van der Waals surface area (Å²) in [5.74, 6) is -0.297. The number of nitro benzene ring substituents is 1. The van der Waals surface area contributed by atoms with Crippen LogP contribution in [0.15, 0.2) is 29.2 Å². The molecule has 0 spiro atoms. The van der Waals surface area contributed by atoms with Crippen molar-refractivity contribution in [3.05, 3.63) is 44.8 Å². The predicted octanol–water partition coefficient (Wildman–Crippen LogP) is 3.07. The highest BCUT2D eigenvalue weighted by molar-refractivity contribution is 8.18. The molecule has 8 heteroatoms. The number of thioether (sulfide) groups is 1. The summed E-state index contributed by atoms with van der Waals surface area (Å²) in [6, 6.07) is 5.89. The third-order valence-corrected chi connectivity index (χ3v) is 4.97. The van der Waals surface area contributed by atoms with Gasteiger partial charge in [0.25, 0.3) is 16.8 Å². The van der Waals surface area contributed by atoms with E-state index >= 15 is 0 Å². The summed E-state index contributed by atoms with van der Waals surface area (Å²) in [6.07, 6.45) is 4.98. The van der Waals surface area contributed by atoms with E-state index in [-0.39, 0.29) is 16.8 Å². The second kappa shape index (κ2) is 7.14. The maximum atomic E-state index is 12.5. The van der Waals surface area contributed by atoms with Crippen molar-refractivity contribution in [3.63, 3.8) is 0 Å². The van der Waals surface area contributed by atoms with Crippen LogP contribution in [0.5, 0.6) is 0 Å². The highest BCUT2D eigenvalue weighted by atomic mass is 32.2. The maximum absolute atomic E-state index is 12.5. The molecule has 2 aliphatic rings. The summed E-state index contributed by atoms with van der Waals surface area (Å²) in [4.78, 5) is 38.5. The lowest BCUT2D eigenvalue weighted by Gasteiger charge is -2.29. The Morgan fingerprint density at radius 2 is 1.79 bits per heavy atom. The fourth-order valence-electron chi connectivity index (χ4n) is 2.77. The van der Waals surface area contributed by atoms with Gasteiger partial charge in [0, 0.05) is 12.1 Å². The average Bonchev–Trinajstić information content (AvgIpc) is 2.84. The van der Waals surface area contributed by atoms with Crippen molar-refractivity contribution in [2.75, 3.05) is 19.8 Å². The highest BCUT2D eigenvalue weighted by Crippen LogP contribution is 2.32. The van der Waals surface area contributed by atoms with Crippen molar-refractivity contribution >= 4 is 34.7 Å². The number of hydrogen-bond acceptors (Lipinski definition) is 6. The van der Waals surface area contributed by atoms with Gasteiger partial charge in [0.15, 0.2) is 0 Å². The zero-order valence-corrected chi connectivity index (χ0v) is 13.8. The molecule has 0 aliphatic carbocycles. The van der Waals surface area contributed by atoms with Crippen molar-refractivity contribution < 1.29 is 14.5 Å². The van der Waals surface area contributed by atoms with Gasteiger partial charge in [-0.05, 0) is 61.5 Å². The summed E-state index contributed by atoms with van der Waals surface area (Å²) < 4.78 is 0. The number of non-ortho nitro benzene ring substituents is 1. The van der Waals surface area contributed by atoms with E-state index in [0.717, 1.165) is 37.7 Å². The molecule has 3 rings (SSSR count). The van der Waals surface area contributed by atoms with E-state index in [1.54, 1.807) is 18.2 Å². The lowest BCUT2D eigenvalue weighted by atomic mass is 10.1. The molecule has 0 aromatic heterocycles. The number of nitro groups is 1. The molecule has 1 aromatic carbocycles. The number of amides is 2. The van der Waals surface area contributed by atoms with Gasteiger partial charge in [-0.15, -0.1) is 0 Å². The SMILES string of the molecule is O=C1S/C(=C/c2ccc([N+](=O)[O-])cc2)C(=O)N1CN1CCCCC1. The van der Waals surface area contributed by atoms with Gasteiger partial charge in [0.05, 0.1) is 16.5 Å². The summed E-state index contributed by atoms with van der Waals surface area (Å²) in [7, 11) is 0. The quantitative estimate of drug-likeness (QED) is 0.473. The van der Waals surface area contributed by atoms with Crippen LogP contribution in [0.3, 0.4) is 0 Å². The minimum absolute atomic E-state index is 0.00893. The molecule has 0 atom stereocenters. The molecule has 7 nitrogen and oxygen atoms in total. The lowest BCUT2D eigenvalue weighted by Crippen LogP contribution is -2.42. The van der Waals surface area contributed by atoms with Crippen molar-refractivity contribution in [1.29, 1.82) is 0 Å². The van der Waals surface area contributed by atoms with E-state index in [2.05, 4.69) is 4.90 Å². The first-order valence-corrected chi connectivity index (χ1v) is 8.58. The number of carbonyl (C=O) groups excluding carboxylic acids is 2. The second-order valence-electron chi connectivity index (χ2n) is 5.78. The van der Waals surface area contributed by atoms with Gasteiger partial charge in [-0.3, -0.25) is 29.5 Å². The number of imide groups is 1. The van der Waals surface area contributed by atoms with Gasteiger partial charge in [-0.1, -0.05) is 6.42 Å². The molecule has 2 fully saturated rings. The standard InChI is InChI=1S/C16H17N3O4S/c20-15-14(10-12-4-6-13(7-5-12)19(22)23)24-16(21)18(15)11-17-8-2-1-3-9-17/h4-7,10H,1-3,8-9,11H2/b14-10+. The van der Waals surface area contributed by atoms with Crippen molar-refractivity contribution in [2.24, 2.45) is 0 Å². The monoisotopic (exact) mass is 347 g/mol. The van der Waals surface area contributed by atoms with Crippen LogP contribution in [0.4, 0.5) is 10.5 Å². The van der Waals surface area contributed by atoms with E-state index in [0.29, 0.717) is 17.1 Å². The largest absolute Gasteiger partial charge is 0.294 e. The van der Waals surface area contributed by atoms with E-state index in [9.17, 15) is 19.7 Å². The Hall–Kier alpha value is -2.19. The van der Waals surface area contributed by atoms with Crippen LogP contribution >= 0.6 is 11.8 Å². The first-order chi connectivity index (χ1) is 11.5. The first kappa shape index (κ1) is 16.7. The zero-order valence-electron chi connectivity index (χ0n) is 13.0. The Labute approximate surface area is 143 Å². The molecular weight excluding hydrogens is 330 g/mol. The van der Waals surface area contributed by atoms with E-state index in [1.807, 2.05) is 0 Å². The van der Waals surface area contributed by atoms with Crippen molar-refractivity contribution in [3.8, 4) is 0 Å². The molecule has 2 aliphatic heterocycles. The summed E-state index contributed by atoms with van der Waals surface area (Å²) >= 11 is 0.914. The van der Waals surface area contributed by atoms with Crippen LogP contribution in [-0.4, -0.2) is 45.6 Å². The molecular formula is C16H17N3O4S. The van der Waals surface area contributed by atoms with Crippen molar-refractivity contribution in [2.45, 2.75) is 19.3 Å². The molecule has 126 valence electrons.